The highest BCUT2D eigenvalue weighted by Crippen LogP contribution is 2.42. The lowest BCUT2D eigenvalue weighted by Crippen LogP contribution is -2.37. The van der Waals surface area contributed by atoms with E-state index in [2.05, 4.69) is 13.5 Å². The molecule has 3 unspecified atom stereocenters. The van der Waals surface area contributed by atoms with Crippen molar-refractivity contribution in [2.75, 3.05) is 0 Å². The van der Waals surface area contributed by atoms with Crippen molar-refractivity contribution in [2.24, 2.45) is 17.8 Å². The van der Waals surface area contributed by atoms with E-state index in [1.807, 2.05) is 0 Å². The smallest absolute Gasteiger partial charge is 0.139 e. The van der Waals surface area contributed by atoms with Gasteiger partial charge >= 0.3 is 0 Å². The predicted molar refractivity (Wildman–Crippen MR) is 53.4 cm³/mol. The number of hydrogen-bond donors (Lipinski definition) is 0. The molecular weight excluding hydrogens is 160 g/mol. The van der Waals surface area contributed by atoms with E-state index >= 15 is 0 Å². The van der Waals surface area contributed by atoms with Gasteiger partial charge in [0.1, 0.15) is 5.78 Å². The highest BCUT2D eigenvalue weighted by atomic mass is 16.1. The Morgan fingerprint density at radius 2 is 1.85 bits per heavy atom. The molecule has 0 aromatic rings. The normalized spacial score (nSPS) is 40.2. The van der Waals surface area contributed by atoms with Gasteiger partial charge in [-0.25, -0.2) is 0 Å². The van der Waals surface area contributed by atoms with Crippen molar-refractivity contribution < 1.29 is 4.79 Å². The van der Waals surface area contributed by atoms with Gasteiger partial charge in [0.2, 0.25) is 0 Å². The summed E-state index contributed by atoms with van der Waals surface area (Å²) in [6.07, 6.45) is 5.81. The summed E-state index contributed by atoms with van der Waals surface area (Å²) in [6, 6.07) is 0. The SMILES string of the molecule is C=C1CC(C)C(=O)C2CCCCC12. The van der Waals surface area contributed by atoms with E-state index in [1.165, 1.54) is 24.8 Å². The summed E-state index contributed by atoms with van der Waals surface area (Å²) in [4.78, 5) is 11.9. The number of carbonyl (C=O) groups excluding carboxylic acids is 1. The maximum atomic E-state index is 11.9. The van der Waals surface area contributed by atoms with Gasteiger partial charge in [-0.05, 0) is 25.2 Å². The summed E-state index contributed by atoms with van der Waals surface area (Å²) in [5.41, 5.74) is 1.34. The number of allylic oxidation sites excluding steroid dienone is 1. The van der Waals surface area contributed by atoms with Gasteiger partial charge in [-0.15, -0.1) is 0 Å². The number of hydrogen-bond acceptors (Lipinski definition) is 1. The molecule has 1 nitrogen and oxygen atoms in total. The summed E-state index contributed by atoms with van der Waals surface area (Å²) < 4.78 is 0. The second kappa shape index (κ2) is 3.28. The lowest BCUT2D eigenvalue weighted by molar-refractivity contribution is -0.130. The molecule has 0 saturated heterocycles. The lowest BCUT2D eigenvalue weighted by atomic mass is 9.65. The van der Waals surface area contributed by atoms with Crippen LogP contribution in [0.15, 0.2) is 12.2 Å². The predicted octanol–water partition coefficient (Wildman–Crippen LogP) is 2.96. The quantitative estimate of drug-likeness (QED) is 0.521. The Labute approximate surface area is 80.2 Å². The molecule has 2 aliphatic rings. The maximum Gasteiger partial charge on any atom is 0.139 e. The van der Waals surface area contributed by atoms with Crippen LogP contribution in [0, 0.1) is 17.8 Å². The molecule has 0 aromatic heterocycles. The minimum absolute atomic E-state index is 0.242. The first-order valence-electron chi connectivity index (χ1n) is 5.41. The van der Waals surface area contributed by atoms with Crippen molar-refractivity contribution in [3.8, 4) is 0 Å². The highest BCUT2D eigenvalue weighted by molar-refractivity contribution is 5.85. The maximum absolute atomic E-state index is 11.9. The molecule has 72 valence electrons. The van der Waals surface area contributed by atoms with E-state index in [9.17, 15) is 4.79 Å². The van der Waals surface area contributed by atoms with Gasteiger partial charge in [-0.2, -0.15) is 0 Å². The molecule has 0 aliphatic heterocycles. The van der Waals surface area contributed by atoms with Gasteiger partial charge < -0.3 is 0 Å². The molecule has 2 fully saturated rings. The molecule has 1 heteroatoms. The van der Waals surface area contributed by atoms with Gasteiger partial charge in [0.05, 0.1) is 0 Å². The Balaban J connectivity index is 2.19. The van der Waals surface area contributed by atoms with E-state index in [1.54, 1.807) is 0 Å². The number of ketones is 1. The monoisotopic (exact) mass is 178 g/mol. The second-order valence-corrected chi connectivity index (χ2v) is 4.66. The average Bonchev–Trinajstić information content (AvgIpc) is 2.15. The Morgan fingerprint density at radius 1 is 1.23 bits per heavy atom. The van der Waals surface area contributed by atoms with E-state index in [4.69, 9.17) is 0 Å². The number of rotatable bonds is 0. The zero-order valence-electron chi connectivity index (χ0n) is 8.38. The van der Waals surface area contributed by atoms with Crippen LogP contribution < -0.4 is 0 Å². The molecule has 0 aromatic carbocycles. The van der Waals surface area contributed by atoms with E-state index < -0.39 is 0 Å². The fraction of sp³-hybridized carbons (Fsp3) is 0.750. The van der Waals surface area contributed by atoms with Crippen molar-refractivity contribution in [1.82, 2.24) is 0 Å². The third-order valence-electron chi connectivity index (χ3n) is 3.71. The van der Waals surface area contributed by atoms with Crippen LogP contribution in [0.5, 0.6) is 0 Å². The molecular formula is C12H18O. The number of fused-ring (bicyclic) bond motifs is 1. The Morgan fingerprint density at radius 3 is 2.54 bits per heavy atom. The van der Waals surface area contributed by atoms with Gasteiger partial charge in [-0.1, -0.05) is 31.9 Å². The van der Waals surface area contributed by atoms with Crippen LogP contribution in [-0.2, 0) is 4.79 Å². The Kier molecular flexibility index (Phi) is 2.27. The molecule has 13 heavy (non-hydrogen) atoms. The summed E-state index contributed by atoms with van der Waals surface area (Å²) in [6.45, 7) is 6.19. The van der Waals surface area contributed by atoms with Crippen LogP contribution in [0.4, 0.5) is 0 Å². The molecule has 2 aliphatic carbocycles. The van der Waals surface area contributed by atoms with E-state index in [-0.39, 0.29) is 5.92 Å². The van der Waals surface area contributed by atoms with Crippen LogP contribution in [-0.4, -0.2) is 5.78 Å². The van der Waals surface area contributed by atoms with Crippen molar-refractivity contribution >= 4 is 5.78 Å². The number of carbonyl (C=O) groups is 1. The second-order valence-electron chi connectivity index (χ2n) is 4.66. The molecule has 0 N–H and O–H groups in total. The van der Waals surface area contributed by atoms with Crippen molar-refractivity contribution in [2.45, 2.75) is 39.0 Å². The zero-order chi connectivity index (χ0) is 9.42. The first-order valence-corrected chi connectivity index (χ1v) is 5.41. The van der Waals surface area contributed by atoms with Crippen LogP contribution in [0.2, 0.25) is 0 Å². The molecule has 0 amide bonds. The average molecular weight is 178 g/mol. The van der Waals surface area contributed by atoms with Gasteiger partial charge in [0.25, 0.3) is 0 Å². The first kappa shape index (κ1) is 8.98. The summed E-state index contributed by atoms with van der Waals surface area (Å²) in [5.74, 6) is 1.63. The van der Waals surface area contributed by atoms with E-state index in [0.717, 1.165) is 12.8 Å². The van der Waals surface area contributed by atoms with Crippen molar-refractivity contribution in [1.29, 1.82) is 0 Å². The van der Waals surface area contributed by atoms with Crippen LogP contribution >= 0.6 is 0 Å². The van der Waals surface area contributed by atoms with E-state index in [0.29, 0.717) is 17.6 Å². The van der Waals surface area contributed by atoms with Gasteiger partial charge in [0.15, 0.2) is 0 Å². The van der Waals surface area contributed by atoms with Gasteiger partial charge in [0, 0.05) is 11.8 Å². The first-order chi connectivity index (χ1) is 6.20. The van der Waals surface area contributed by atoms with Crippen LogP contribution in [0.1, 0.15) is 39.0 Å². The highest BCUT2D eigenvalue weighted by Gasteiger charge is 2.38. The molecule has 0 heterocycles. The largest absolute Gasteiger partial charge is 0.299 e. The third-order valence-corrected chi connectivity index (χ3v) is 3.71. The van der Waals surface area contributed by atoms with Crippen LogP contribution in [0.3, 0.4) is 0 Å². The zero-order valence-corrected chi connectivity index (χ0v) is 8.38. The third kappa shape index (κ3) is 1.45. The molecule has 2 rings (SSSR count). The molecule has 3 atom stereocenters. The van der Waals surface area contributed by atoms with Crippen molar-refractivity contribution in [3.05, 3.63) is 12.2 Å². The molecule has 0 bridgehead atoms. The minimum Gasteiger partial charge on any atom is -0.299 e. The lowest BCUT2D eigenvalue weighted by Gasteiger charge is -2.38. The summed E-state index contributed by atoms with van der Waals surface area (Å²) >= 11 is 0. The summed E-state index contributed by atoms with van der Waals surface area (Å²) in [5, 5.41) is 0. The Bertz CT molecular complexity index is 242. The Hall–Kier alpha value is -0.590. The summed E-state index contributed by atoms with van der Waals surface area (Å²) in [7, 11) is 0. The number of Topliss-reactive ketones (excluding diaryl/α,β-unsaturated/α-hetero) is 1. The molecule has 0 spiro atoms. The fourth-order valence-corrected chi connectivity index (χ4v) is 2.97. The van der Waals surface area contributed by atoms with Crippen LogP contribution in [0.25, 0.3) is 0 Å². The standard InChI is InChI=1S/C12H18O/c1-8-7-9(2)12(13)11-6-4-3-5-10(8)11/h9-11H,1,3-7H2,2H3. The topological polar surface area (TPSA) is 17.1 Å². The fourth-order valence-electron chi connectivity index (χ4n) is 2.97. The van der Waals surface area contributed by atoms with Gasteiger partial charge in [-0.3, -0.25) is 4.79 Å². The minimum atomic E-state index is 0.242. The molecule has 2 saturated carbocycles. The van der Waals surface area contributed by atoms with Crippen molar-refractivity contribution in [3.63, 3.8) is 0 Å². The molecule has 0 radical (unpaired) electrons.